The van der Waals surface area contributed by atoms with Crippen molar-refractivity contribution in [3.05, 3.63) is 59.2 Å². The van der Waals surface area contributed by atoms with Gasteiger partial charge in [-0.25, -0.2) is 4.98 Å². The molecule has 0 aliphatic heterocycles. The van der Waals surface area contributed by atoms with E-state index >= 15 is 0 Å². The number of nitrogens with zero attached hydrogens (tertiary/aromatic N) is 2. The molecule has 19 heavy (non-hydrogen) atoms. The van der Waals surface area contributed by atoms with E-state index in [0.717, 1.165) is 29.7 Å². The molecule has 1 N–H and O–H groups in total. The summed E-state index contributed by atoms with van der Waals surface area (Å²) >= 11 is 0. The molecule has 1 aromatic carbocycles. The van der Waals surface area contributed by atoms with E-state index in [2.05, 4.69) is 42.0 Å². The number of pyridine rings is 1. The van der Waals surface area contributed by atoms with Crippen LogP contribution in [-0.4, -0.2) is 15.0 Å². The number of aromatic amines is 1. The lowest BCUT2D eigenvalue weighted by atomic mass is 10.1. The lowest BCUT2D eigenvalue weighted by Gasteiger charge is -1.97. The van der Waals surface area contributed by atoms with Gasteiger partial charge < -0.3 is 4.98 Å². The molecule has 2 heterocycles. The second kappa shape index (κ2) is 4.84. The van der Waals surface area contributed by atoms with Gasteiger partial charge in [-0.05, 0) is 49.1 Å². The second-order valence-corrected chi connectivity index (χ2v) is 5.02. The summed E-state index contributed by atoms with van der Waals surface area (Å²) < 4.78 is 0. The summed E-state index contributed by atoms with van der Waals surface area (Å²) in [6.07, 6.45) is 5.60. The maximum absolute atomic E-state index is 4.69. The SMILES string of the molecule is Cc1cc(C)c2nc(CCc3cccnc3)[nH]c2c1. The smallest absolute Gasteiger partial charge is 0.107 e. The van der Waals surface area contributed by atoms with Crippen molar-refractivity contribution in [3.8, 4) is 0 Å². The molecule has 0 spiro atoms. The van der Waals surface area contributed by atoms with Crippen molar-refractivity contribution in [1.29, 1.82) is 0 Å². The molecule has 0 fully saturated rings. The summed E-state index contributed by atoms with van der Waals surface area (Å²) in [5.41, 5.74) is 5.98. The molecule has 0 aliphatic carbocycles. The fourth-order valence-corrected chi connectivity index (χ4v) is 2.45. The lowest BCUT2D eigenvalue weighted by Crippen LogP contribution is -1.93. The molecule has 3 nitrogen and oxygen atoms in total. The van der Waals surface area contributed by atoms with E-state index in [9.17, 15) is 0 Å². The first-order valence-electron chi connectivity index (χ1n) is 6.57. The number of fused-ring (bicyclic) bond motifs is 1. The number of benzene rings is 1. The van der Waals surface area contributed by atoms with Crippen molar-refractivity contribution in [2.45, 2.75) is 26.7 Å². The summed E-state index contributed by atoms with van der Waals surface area (Å²) in [4.78, 5) is 12.2. The number of nitrogens with one attached hydrogen (secondary N) is 1. The van der Waals surface area contributed by atoms with E-state index < -0.39 is 0 Å². The van der Waals surface area contributed by atoms with Gasteiger partial charge in [-0.15, -0.1) is 0 Å². The Hall–Kier alpha value is -2.16. The molecule has 0 aliphatic rings. The van der Waals surface area contributed by atoms with Gasteiger partial charge in [-0.2, -0.15) is 0 Å². The Morgan fingerprint density at radius 2 is 2.05 bits per heavy atom. The van der Waals surface area contributed by atoms with Gasteiger partial charge in [0.05, 0.1) is 11.0 Å². The van der Waals surface area contributed by atoms with E-state index in [1.165, 1.54) is 16.7 Å². The molecule has 3 heteroatoms. The predicted molar refractivity (Wildman–Crippen MR) is 77.2 cm³/mol. The van der Waals surface area contributed by atoms with Crippen LogP contribution in [0.25, 0.3) is 11.0 Å². The molecule has 3 rings (SSSR count). The Bertz CT molecular complexity index is 699. The third kappa shape index (κ3) is 2.50. The van der Waals surface area contributed by atoms with Crippen LogP contribution in [0.2, 0.25) is 0 Å². The minimum atomic E-state index is 0.916. The molecule has 2 aromatic heterocycles. The van der Waals surface area contributed by atoms with Gasteiger partial charge in [0, 0.05) is 18.8 Å². The fraction of sp³-hybridized carbons (Fsp3) is 0.250. The van der Waals surface area contributed by atoms with Crippen LogP contribution in [0.5, 0.6) is 0 Å². The Kier molecular flexibility index (Phi) is 3.03. The monoisotopic (exact) mass is 251 g/mol. The molecule has 0 atom stereocenters. The molecule has 0 saturated heterocycles. The van der Waals surface area contributed by atoms with Gasteiger partial charge in [-0.1, -0.05) is 12.1 Å². The van der Waals surface area contributed by atoms with Crippen LogP contribution in [0.1, 0.15) is 22.5 Å². The highest BCUT2D eigenvalue weighted by Gasteiger charge is 2.06. The van der Waals surface area contributed by atoms with Crippen molar-refractivity contribution in [3.63, 3.8) is 0 Å². The van der Waals surface area contributed by atoms with E-state index in [1.807, 2.05) is 12.3 Å². The minimum absolute atomic E-state index is 0.916. The van der Waals surface area contributed by atoms with Gasteiger partial charge in [-0.3, -0.25) is 4.98 Å². The normalized spacial score (nSPS) is 11.1. The van der Waals surface area contributed by atoms with Crippen LogP contribution in [-0.2, 0) is 12.8 Å². The van der Waals surface area contributed by atoms with Gasteiger partial charge in [0.1, 0.15) is 5.82 Å². The van der Waals surface area contributed by atoms with Crippen molar-refractivity contribution in [2.24, 2.45) is 0 Å². The average Bonchev–Trinajstić information content (AvgIpc) is 2.81. The first-order chi connectivity index (χ1) is 9.22. The topological polar surface area (TPSA) is 41.6 Å². The minimum Gasteiger partial charge on any atom is -0.342 e. The zero-order valence-electron chi connectivity index (χ0n) is 11.3. The van der Waals surface area contributed by atoms with Gasteiger partial charge in [0.2, 0.25) is 0 Å². The van der Waals surface area contributed by atoms with Crippen LogP contribution in [0.4, 0.5) is 0 Å². The largest absolute Gasteiger partial charge is 0.342 e. The lowest BCUT2D eigenvalue weighted by molar-refractivity contribution is 0.884. The van der Waals surface area contributed by atoms with Crippen LogP contribution in [0.3, 0.4) is 0 Å². The van der Waals surface area contributed by atoms with Crippen molar-refractivity contribution in [1.82, 2.24) is 15.0 Å². The summed E-state index contributed by atoms with van der Waals surface area (Å²) in [5.74, 6) is 1.05. The first kappa shape index (κ1) is 11.9. The standard InChI is InChI=1S/C16H17N3/c1-11-8-12(2)16-14(9-11)18-15(19-16)6-5-13-4-3-7-17-10-13/h3-4,7-10H,5-6H2,1-2H3,(H,18,19). The molecule has 96 valence electrons. The second-order valence-electron chi connectivity index (χ2n) is 5.02. The zero-order chi connectivity index (χ0) is 13.2. The summed E-state index contributed by atoms with van der Waals surface area (Å²) in [6.45, 7) is 4.23. The van der Waals surface area contributed by atoms with Gasteiger partial charge >= 0.3 is 0 Å². The number of aromatic nitrogens is 3. The van der Waals surface area contributed by atoms with E-state index in [1.54, 1.807) is 6.20 Å². The van der Waals surface area contributed by atoms with Gasteiger partial charge in [0.25, 0.3) is 0 Å². The number of H-pyrrole nitrogens is 1. The van der Waals surface area contributed by atoms with E-state index in [-0.39, 0.29) is 0 Å². The highest BCUT2D eigenvalue weighted by atomic mass is 14.9. The van der Waals surface area contributed by atoms with Crippen molar-refractivity contribution in [2.75, 3.05) is 0 Å². The number of rotatable bonds is 3. The summed E-state index contributed by atoms with van der Waals surface area (Å²) in [7, 11) is 0. The Morgan fingerprint density at radius 3 is 2.84 bits per heavy atom. The van der Waals surface area contributed by atoms with Crippen LogP contribution in [0, 0.1) is 13.8 Å². The average molecular weight is 251 g/mol. The molecule has 0 saturated carbocycles. The fourth-order valence-electron chi connectivity index (χ4n) is 2.45. The van der Waals surface area contributed by atoms with Crippen molar-refractivity contribution >= 4 is 11.0 Å². The number of hydrogen-bond acceptors (Lipinski definition) is 2. The first-order valence-corrected chi connectivity index (χ1v) is 6.57. The third-order valence-corrected chi connectivity index (χ3v) is 3.34. The Labute approximate surface area is 112 Å². The molecule has 0 bridgehead atoms. The van der Waals surface area contributed by atoms with Crippen LogP contribution < -0.4 is 0 Å². The molecular weight excluding hydrogens is 234 g/mol. The zero-order valence-corrected chi connectivity index (χ0v) is 11.3. The molecule has 3 aromatic rings. The third-order valence-electron chi connectivity index (χ3n) is 3.34. The quantitative estimate of drug-likeness (QED) is 0.775. The van der Waals surface area contributed by atoms with E-state index in [0.29, 0.717) is 0 Å². The maximum atomic E-state index is 4.69. The number of imidazole rings is 1. The predicted octanol–water partition coefficient (Wildman–Crippen LogP) is 3.36. The number of hydrogen-bond donors (Lipinski definition) is 1. The summed E-state index contributed by atoms with van der Waals surface area (Å²) in [5, 5.41) is 0. The van der Waals surface area contributed by atoms with E-state index in [4.69, 9.17) is 4.98 Å². The van der Waals surface area contributed by atoms with Crippen LogP contribution in [0.15, 0.2) is 36.7 Å². The van der Waals surface area contributed by atoms with Gasteiger partial charge in [0.15, 0.2) is 0 Å². The highest BCUT2D eigenvalue weighted by Crippen LogP contribution is 2.18. The maximum Gasteiger partial charge on any atom is 0.107 e. The molecular formula is C16H17N3. The highest BCUT2D eigenvalue weighted by molar-refractivity contribution is 5.79. The molecule has 0 amide bonds. The van der Waals surface area contributed by atoms with Crippen LogP contribution >= 0.6 is 0 Å². The van der Waals surface area contributed by atoms with Crippen molar-refractivity contribution < 1.29 is 0 Å². The Balaban J connectivity index is 1.84. The number of aryl methyl sites for hydroxylation is 4. The molecule has 0 unspecified atom stereocenters. The Morgan fingerprint density at radius 1 is 1.16 bits per heavy atom. The summed E-state index contributed by atoms with van der Waals surface area (Å²) in [6, 6.07) is 8.41. The molecule has 0 radical (unpaired) electrons.